The number of hydrogen-bond acceptors (Lipinski definition) is 4. The minimum absolute atomic E-state index is 0.393. The molecule has 15 heavy (non-hydrogen) atoms. The Labute approximate surface area is 88.5 Å². The number of nitrogens with one attached hydrogen (secondary N) is 1. The smallest absolute Gasteiger partial charge is 0.320 e. The second-order valence-corrected chi connectivity index (χ2v) is 3.40. The van der Waals surface area contributed by atoms with E-state index < -0.39 is 24.0 Å². The third-order valence-corrected chi connectivity index (χ3v) is 2.07. The molecule has 0 amide bonds. The summed E-state index contributed by atoms with van der Waals surface area (Å²) in [4.78, 5) is 21.3. The fourth-order valence-corrected chi connectivity index (χ4v) is 1.14. The molecule has 0 rings (SSSR count). The molecule has 0 aromatic heterocycles. The van der Waals surface area contributed by atoms with Gasteiger partial charge in [-0.15, -0.1) is 0 Å². The van der Waals surface area contributed by atoms with Crippen molar-refractivity contribution >= 4 is 11.9 Å². The van der Waals surface area contributed by atoms with Crippen LogP contribution in [0.25, 0.3) is 0 Å². The molecule has 6 nitrogen and oxygen atoms in total. The average molecular weight is 218 g/mol. The molecule has 0 unspecified atom stereocenters. The van der Waals surface area contributed by atoms with Crippen LogP contribution < -0.4 is 11.1 Å². The monoisotopic (exact) mass is 218 g/mol. The lowest BCUT2D eigenvalue weighted by Gasteiger charge is -2.16. The van der Waals surface area contributed by atoms with Crippen molar-refractivity contribution in [3.05, 3.63) is 0 Å². The molecular formula is C9H18N2O4. The number of unbranched alkanes of at least 4 members (excludes halogenated alkanes) is 1. The lowest BCUT2D eigenvalue weighted by Crippen LogP contribution is -2.45. The van der Waals surface area contributed by atoms with E-state index in [1.807, 2.05) is 0 Å². The summed E-state index contributed by atoms with van der Waals surface area (Å²) in [7, 11) is 0. The van der Waals surface area contributed by atoms with E-state index in [9.17, 15) is 9.59 Å². The molecule has 0 aliphatic rings. The molecule has 5 N–H and O–H groups in total. The van der Waals surface area contributed by atoms with E-state index in [-0.39, 0.29) is 0 Å². The molecule has 0 heterocycles. The van der Waals surface area contributed by atoms with Crippen LogP contribution in [0.3, 0.4) is 0 Å². The van der Waals surface area contributed by atoms with Gasteiger partial charge < -0.3 is 15.9 Å². The molecule has 0 bridgehead atoms. The summed E-state index contributed by atoms with van der Waals surface area (Å²) < 4.78 is 0. The lowest BCUT2D eigenvalue weighted by molar-refractivity contribution is -0.142. The number of nitrogens with two attached hydrogens (primary N) is 1. The van der Waals surface area contributed by atoms with Crippen LogP contribution >= 0.6 is 0 Å². The minimum atomic E-state index is -1.06. The predicted molar refractivity (Wildman–Crippen MR) is 54.6 cm³/mol. The number of rotatable bonds is 8. The van der Waals surface area contributed by atoms with Gasteiger partial charge in [-0.3, -0.25) is 14.9 Å². The van der Waals surface area contributed by atoms with E-state index in [0.717, 1.165) is 6.42 Å². The standard InChI is InChI=1S/C9H18N2O4/c1-6(8(12)13)11-7(9(14)15)4-2-3-5-10/h6-7,11H,2-5,10H2,1H3,(H,12,13)(H,14,15)/t6-,7-/m0/s1. The van der Waals surface area contributed by atoms with E-state index in [1.54, 1.807) is 0 Å². The van der Waals surface area contributed by atoms with Gasteiger partial charge in [-0.2, -0.15) is 0 Å². The van der Waals surface area contributed by atoms with Gasteiger partial charge in [0.05, 0.1) is 0 Å². The number of carboxylic acids is 2. The summed E-state index contributed by atoms with van der Waals surface area (Å²) in [6, 6.07) is -1.67. The Hall–Kier alpha value is -1.14. The number of carboxylic acid groups (broad SMARTS) is 2. The van der Waals surface area contributed by atoms with Crippen LogP contribution in [0, 0.1) is 0 Å². The van der Waals surface area contributed by atoms with Gasteiger partial charge in [0, 0.05) is 0 Å². The SMILES string of the molecule is C[C@H](N[C@@H](CCCCN)C(=O)O)C(=O)O. The topological polar surface area (TPSA) is 113 Å². The van der Waals surface area contributed by atoms with Crippen molar-refractivity contribution in [2.75, 3.05) is 6.54 Å². The molecule has 0 aliphatic carbocycles. The average Bonchev–Trinajstić information content (AvgIpc) is 2.15. The van der Waals surface area contributed by atoms with E-state index in [1.165, 1.54) is 6.92 Å². The van der Waals surface area contributed by atoms with Gasteiger partial charge in [-0.1, -0.05) is 6.42 Å². The number of carbonyl (C=O) groups is 2. The zero-order valence-corrected chi connectivity index (χ0v) is 8.77. The second kappa shape index (κ2) is 7.19. The van der Waals surface area contributed by atoms with E-state index in [4.69, 9.17) is 15.9 Å². The lowest BCUT2D eigenvalue weighted by atomic mass is 10.1. The van der Waals surface area contributed by atoms with Gasteiger partial charge in [-0.25, -0.2) is 0 Å². The van der Waals surface area contributed by atoms with Crippen molar-refractivity contribution in [3.8, 4) is 0 Å². The van der Waals surface area contributed by atoms with Crippen molar-refractivity contribution < 1.29 is 19.8 Å². The Kier molecular flexibility index (Phi) is 6.64. The van der Waals surface area contributed by atoms with Crippen molar-refractivity contribution in [2.24, 2.45) is 5.73 Å². The summed E-state index contributed by atoms with van der Waals surface area (Å²) >= 11 is 0. The molecule has 0 aromatic rings. The van der Waals surface area contributed by atoms with Gasteiger partial charge in [0.1, 0.15) is 12.1 Å². The molecule has 88 valence electrons. The predicted octanol–water partition coefficient (Wildman–Crippen LogP) is -0.369. The fourth-order valence-electron chi connectivity index (χ4n) is 1.14. The van der Waals surface area contributed by atoms with Crippen LogP contribution in [-0.4, -0.2) is 40.8 Å². The van der Waals surface area contributed by atoms with Crippen LogP contribution in [-0.2, 0) is 9.59 Å². The summed E-state index contributed by atoms with van der Waals surface area (Å²) in [5.74, 6) is -2.08. The summed E-state index contributed by atoms with van der Waals surface area (Å²) in [5.41, 5.74) is 5.28. The third kappa shape index (κ3) is 6.03. The Morgan fingerprint density at radius 3 is 2.27 bits per heavy atom. The Morgan fingerprint density at radius 1 is 1.27 bits per heavy atom. The maximum atomic E-state index is 10.8. The van der Waals surface area contributed by atoms with Crippen LogP contribution in [0.2, 0.25) is 0 Å². The first-order valence-electron chi connectivity index (χ1n) is 4.90. The number of aliphatic carboxylic acids is 2. The molecule has 0 saturated carbocycles. The first-order chi connectivity index (χ1) is 6.99. The first-order valence-corrected chi connectivity index (χ1v) is 4.90. The zero-order chi connectivity index (χ0) is 11.8. The quantitative estimate of drug-likeness (QED) is 0.413. The molecule has 0 aliphatic heterocycles. The zero-order valence-electron chi connectivity index (χ0n) is 8.77. The van der Waals surface area contributed by atoms with Crippen LogP contribution in [0.1, 0.15) is 26.2 Å². The highest BCUT2D eigenvalue weighted by Crippen LogP contribution is 2.02. The highest BCUT2D eigenvalue weighted by molar-refractivity contribution is 5.77. The molecule has 0 fully saturated rings. The van der Waals surface area contributed by atoms with Gasteiger partial charge in [0.2, 0.25) is 0 Å². The van der Waals surface area contributed by atoms with Crippen molar-refractivity contribution in [1.29, 1.82) is 0 Å². The molecule has 0 spiro atoms. The molecule has 0 aromatic carbocycles. The van der Waals surface area contributed by atoms with Crippen LogP contribution in [0.15, 0.2) is 0 Å². The van der Waals surface area contributed by atoms with Crippen molar-refractivity contribution in [3.63, 3.8) is 0 Å². The van der Waals surface area contributed by atoms with E-state index in [0.29, 0.717) is 19.4 Å². The normalized spacial score (nSPS) is 14.5. The minimum Gasteiger partial charge on any atom is -0.480 e. The molecule has 0 saturated heterocycles. The Morgan fingerprint density at radius 2 is 1.87 bits per heavy atom. The fraction of sp³-hybridized carbons (Fsp3) is 0.778. The molecule has 2 atom stereocenters. The third-order valence-electron chi connectivity index (χ3n) is 2.07. The van der Waals surface area contributed by atoms with Crippen molar-refractivity contribution in [2.45, 2.75) is 38.3 Å². The van der Waals surface area contributed by atoms with E-state index >= 15 is 0 Å². The number of hydrogen-bond donors (Lipinski definition) is 4. The highest BCUT2D eigenvalue weighted by Gasteiger charge is 2.21. The van der Waals surface area contributed by atoms with Gasteiger partial charge in [-0.05, 0) is 26.3 Å². The first kappa shape index (κ1) is 13.9. The molecule has 0 radical (unpaired) electrons. The Balaban J connectivity index is 4.04. The molecular weight excluding hydrogens is 200 g/mol. The maximum Gasteiger partial charge on any atom is 0.320 e. The van der Waals surface area contributed by atoms with Gasteiger partial charge in [0.15, 0.2) is 0 Å². The van der Waals surface area contributed by atoms with Crippen molar-refractivity contribution in [1.82, 2.24) is 5.32 Å². The second-order valence-electron chi connectivity index (χ2n) is 3.40. The van der Waals surface area contributed by atoms with Gasteiger partial charge >= 0.3 is 11.9 Å². The van der Waals surface area contributed by atoms with Crippen LogP contribution in [0.4, 0.5) is 0 Å². The summed E-state index contributed by atoms with van der Waals surface area (Å²) in [5, 5.41) is 20.0. The van der Waals surface area contributed by atoms with Gasteiger partial charge in [0.25, 0.3) is 0 Å². The molecule has 6 heteroatoms. The van der Waals surface area contributed by atoms with Crippen LogP contribution in [0.5, 0.6) is 0 Å². The summed E-state index contributed by atoms with van der Waals surface area (Å²) in [6.07, 6.45) is 1.81. The Bertz CT molecular complexity index is 220. The highest BCUT2D eigenvalue weighted by atomic mass is 16.4. The summed E-state index contributed by atoms with van der Waals surface area (Å²) in [6.45, 7) is 1.93. The van der Waals surface area contributed by atoms with E-state index in [2.05, 4.69) is 5.32 Å². The largest absolute Gasteiger partial charge is 0.480 e. The maximum absolute atomic E-state index is 10.8.